The van der Waals surface area contributed by atoms with Gasteiger partial charge in [0.2, 0.25) is 0 Å². The molecule has 20 heavy (non-hydrogen) atoms. The van der Waals surface area contributed by atoms with Crippen LogP contribution in [-0.2, 0) is 4.74 Å². The van der Waals surface area contributed by atoms with Crippen LogP contribution in [0.15, 0.2) is 18.2 Å². The minimum atomic E-state index is -0.560. The number of nitrogens with zero attached hydrogens (tertiary/aromatic N) is 1. The van der Waals surface area contributed by atoms with Crippen molar-refractivity contribution in [3.8, 4) is 5.75 Å². The van der Waals surface area contributed by atoms with Crippen LogP contribution in [0, 0.1) is 17.0 Å². The lowest BCUT2D eigenvalue weighted by Crippen LogP contribution is -2.55. The minimum absolute atomic E-state index is 0.0637. The van der Waals surface area contributed by atoms with Crippen LogP contribution in [0.1, 0.15) is 25.3 Å². The molecule has 1 N–H and O–H groups in total. The fourth-order valence-corrected chi connectivity index (χ4v) is 2.18. The van der Waals surface area contributed by atoms with Gasteiger partial charge in [-0.3, -0.25) is 10.1 Å². The van der Waals surface area contributed by atoms with Crippen molar-refractivity contribution in [1.29, 1.82) is 0 Å². The van der Waals surface area contributed by atoms with Gasteiger partial charge in [-0.1, -0.05) is 13.0 Å². The van der Waals surface area contributed by atoms with E-state index in [4.69, 9.17) is 9.47 Å². The minimum Gasteiger partial charge on any atom is -0.481 e. The second kappa shape index (κ2) is 6.19. The number of hydrogen-bond donors (Lipinski definition) is 1. The summed E-state index contributed by atoms with van der Waals surface area (Å²) in [5.74, 6) is 0.233. The van der Waals surface area contributed by atoms with Crippen molar-refractivity contribution in [3.63, 3.8) is 0 Å². The van der Waals surface area contributed by atoms with Crippen LogP contribution in [0.2, 0.25) is 0 Å². The molecule has 0 spiro atoms. The maximum atomic E-state index is 11.0. The number of benzene rings is 1. The summed E-state index contributed by atoms with van der Waals surface area (Å²) >= 11 is 0. The number of nitro groups is 1. The molecule has 1 saturated carbocycles. The highest BCUT2D eigenvalue weighted by Crippen LogP contribution is 2.34. The Bertz CT molecular complexity index is 490. The van der Waals surface area contributed by atoms with E-state index < -0.39 is 17.1 Å². The molecule has 2 rings (SSSR count). The van der Waals surface area contributed by atoms with Gasteiger partial charge in [-0.15, -0.1) is 0 Å². The van der Waals surface area contributed by atoms with Crippen molar-refractivity contribution in [2.24, 2.45) is 0 Å². The summed E-state index contributed by atoms with van der Waals surface area (Å²) in [6.07, 6.45) is -0.0254. The van der Waals surface area contributed by atoms with Crippen molar-refractivity contribution < 1.29 is 19.5 Å². The molecule has 1 aliphatic carbocycles. The standard InChI is InChI=1S/C14H19NO5/c1-3-6-19-14-11(16)8-13(14)20-12-7-9(2)4-5-10(12)15(17)18/h4-5,7,11,13-14,16H,3,6,8H2,1-2H3. The maximum absolute atomic E-state index is 11.0. The highest BCUT2D eigenvalue weighted by Gasteiger charge is 2.43. The van der Waals surface area contributed by atoms with E-state index in [1.807, 2.05) is 13.8 Å². The second-order valence-corrected chi connectivity index (χ2v) is 5.02. The first-order chi connectivity index (χ1) is 9.52. The predicted molar refractivity (Wildman–Crippen MR) is 72.9 cm³/mol. The van der Waals surface area contributed by atoms with Gasteiger partial charge in [0.1, 0.15) is 12.2 Å². The largest absolute Gasteiger partial charge is 0.481 e. The SMILES string of the molecule is CCCOC1C(O)CC1Oc1cc(C)ccc1[N+](=O)[O-]. The quantitative estimate of drug-likeness (QED) is 0.638. The van der Waals surface area contributed by atoms with Crippen LogP contribution in [0.5, 0.6) is 5.75 Å². The summed E-state index contributed by atoms with van der Waals surface area (Å²) in [4.78, 5) is 10.5. The topological polar surface area (TPSA) is 81.8 Å². The Balaban J connectivity index is 2.09. The summed E-state index contributed by atoms with van der Waals surface area (Å²) < 4.78 is 11.2. The van der Waals surface area contributed by atoms with Crippen LogP contribution in [0.25, 0.3) is 0 Å². The summed E-state index contributed by atoms with van der Waals surface area (Å²) in [6, 6.07) is 4.74. The molecule has 0 radical (unpaired) electrons. The Morgan fingerprint density at radius 1 is 1.50 bits per heavy atom. The Morgan fingerprint density at radius 2 is 2.25 bits per heavy atom. The van der Waals surface area contributed by atoms with Gasteiger partial charge in [0, 0.05) is 19.1 Å². The van der Waals surface area contributed by atoms with Gasteiger partial charge in [0.05, 0.1) is 11.0 Å². The van der Waals surface area contributed by atoms with Gasteiger partial charge in [0.15, 0.2) is 5.75 Å². The normalized spacial score (nSPS) is 25.1. The summed E-state index contributed by atoms with van der Waals surface area (Å²) in [5, 5.41) is 20.7. The van der Waals surface area contributed by atoms with Gasteiger partial charge in [0.25, 0.3) is 0 Å². The van der Waals surface area contributed by atoms with E-state index in [-0.39, 0.29) is 17.5 Å². The second-order valence-electron chi connectivity index (χ2n) is 5.02. The number of aliphatic hydroxyl groups excluding tert-OH is 1. The Labute approximate surface area is 117 Å². The Hall–Kier alpha value is -1.66. The highest BCUT2D eigenvalue weighted by atomic mass is 16.6. The number of nitro benzene ring substituents is 1. The van der Waals surface area contributed by atoms with Crippen molar-refractivity contribution in [2.45, 2.75) is 45.0 Å². The Kier molecular flexibility index (Phi) is 4.57. The number of rotatable bonds is 6. The molecule has 6 heteroatoms. The van der Waals surface area contributed by atoms with Crippen LogP contribution in [-0.4, -0.2) is 34.9 Å². The zero-order chi connectivity index (χ0) is 14.7. The Morgan fingerprint density at radius 3 is 2.85 bits per heavy atom. The third-order valence-corrected chi connectivity index (χ3v) is 3.32. The monoisotopic (exact) mass is 281 g/mol. The van der Waals surface area contributed by atoms with Gasteiger partial charge in [-0.05, 0) is 25.0 Å². The van der Waals surface area contributed by atoms with Crippen LogP contribution < -0.4 is 4.74 Å². The third kappa shape index (κ3) is 3.08. The van der Waals surface area contributed by atoms with E-state index in [9.17, 15) is 15.2 Å². The molecule has 1 aromatic rings. The first-order valence-corrected chi connectivity index (χ1v) is 6.74. The molecular weight excluding hydrogens is 262 g/mol. The summed E-state index contributed by atoms with van der Waals surface area (Å²) in [5.41, 5.74) is 0.822. The van der Waals surface area contributed by atoms with Crippen LogP contribution >= 0.6 is 0 Å². The maximum Gasteiger partial charge on any atom is 0.310 e. The molecule has 110 valence electrons. The third-order valence-electron chi connectivity index (χ3n) is 3.32. The number of ether oxygens (including phenoxy) is 2. The lowest BCUT2D eigenvalue weighted by atomic mass is 9.88. The molecule has 0 amide bonds. The van der Waals surface area contributed by atoms with Gasteiger partial charge in [-0.2, -0.15) is 0 Å². The molecule has 1 aliphatic rings. The van der Waals surface area contributed by atoms with Gasteiger partial charge >= 0.3 is 5.69 Å². The molecular formula is C14H19NO5. The smallest absolute Gasteiger partial charge is 0.310 e. The predicted octanol–water partition coefficient (Wildman–Crippen LogP) is 2.21. The lowest BCUT2D eigenvalue weighted by Gasteiger charge is -2.40. The molecule has 0 saturated heterocycles. The summed E-state index contributed by atoms with van der Waals surface area (Å²) in [7, 11) is 0. The molecule has 1 fully saturated rings. The number of hydrogen-bond acceptors (Lipinski definition) is 5. The van der Waals surface area contributed by atoms with Gasteiger partial charge in [-0.25, -0.2) is 0 Å². The van der Waals surface area contributed by atoms with E-state index in [1.54, 1.807) is 12.1 Å². The van der Waals surface area contributed by atoms with E-state index in [2.05, 4.69) is 0 Å². The zero-order valence-electron chi connectivity index (χ0n) is 11.6. The molecule has 0 aromatic heterocycles. The van der Waals surface area contributed by atoms with Crippen molar-refractivity contribution in [1.82, 2.24) is 0 Å². The molecule has 3 atom stereocenters. The molecule has 0 bridgehead atoms. The zero-order valence-corrected chi connectivity index (χ0v) is 11.6. The molecule has 0 heterocycles. The average Bonchev–Trinajstić information content (AvgIpc) is 2.38. The van der Waals surface area contributed by atoms with E-state index in [0.717, 1.165) is 12.0 Å². The molecule has 0 aliphatic heterocycles. The lowest BCUT2D eigenvalue weighted by molar-refractivity contribution is -0.386. The molecule has 3 unspecified atom stereocenters. The average molecular weight is 281 g/mol. The van der Waals surface area contributed by atoms with Crippen molar-refractivity contribution in [3.05, 3.63) is 33.9 Å². The van der Waals surface area contributed by atoms with E-state index >= 15 is 0 Å². The summed E-state index contributed by atoms with van der Waals surface area (Å²) in [6.45, 7) is 4.36. The van der Waals surface area contributed by atoms with Crippen molar-refractivity contribution in [2.75, 3.05) is 6.61 Å². The first kappa shape index (κ1) is 14.7. The first-order valence-electron chi connectivity index (χ1n) is 6.74. The van der Waals surface area contributed by atoms with Crippen molar-refractivity contribution >= 4 is 5.69 Å². The van der Waals surface area contributed by atoms with E-state index in [1.165, 1.54) is 6.07 Å². The number of aliphatic hydroxyl groups is 1. The van der Waals surface area contributed by atoms with Crippen LogP contribution in [0.4, 0.5) is 5.69 Å². The van der Waals surface area contributed by atoms with E-state index in [0.29, 0.717) is 13.0 Å². The molecule has 6 nitrogen and oxygen atoms in total. The highest BCUT2D eigenvalue weighted by molar-refractivity contribution is 5.48. The van der Waals surface area contributed by atoms with Gasteiger partial charge < -0.3 is 14.6 Å². The molecule has 1 aromatic carbocycles. The fourth-order valence-electron chi connectivity index (χ4n) is 2.18. The fraction of sp³-hybridized carbons (Fsp3) is 0.571. The van der Waals surface area contributed by atoms with Crippen LogP contribution in [0.3, 0.4) is 0 Å². The number of aryl methyl sites for hydroxylation is 1.